The second-order valence-electron chi connectivity index (χ2n) is 5.65. The van der Waals surface area contributed by atoms with E-state index in [1.165, 1.54) is 0 Å². The number of halogens is 1. The highest BCUT2D eigenvalue weighted by molar-refractivity contribution is 5.85. The second-order valence-corrected chi connectivity index (χ2v) is 5.65. The van der Waals surface area contributed by atoms with E-state index >= 15 is 0 Å². The van der Waals surface area contributed by atoms with Crippen LogP contribution < -0.4 is 10.5 Å². The van der Waals surface area contributed by atoms with E-state index in [1.807, 2.05) is 30.9 Å². The molecule has 6 heteroatoms. The molecular formula is C15H24ClN3O2. The SMILES string of the molecule is CC(C)Oc1cc(CN(C(=O)C(C)N)C2CC2)ccn1.Cl. The van der Waals surface area contributed by atoms with Gasteiger partial charge in [0.15, 0.2) is 0 Å². The zero-order chi connectivity index (χ0) is 14.7. The van der Waals surface area contributed by atoms with E-state index in [-0.39, 0.29) is 24.4 Å². The maximum absolute atomic E-state index is 12.1. The minimum atomic E-state index is -0.455. The van der Waals surface area contributed by atoms with Gasteiger partial charge < -0.3 is 15.4 Å². The van der Waals surface area contributed by atoms with Crippen molar-refractivity contribution < 1.29 is 9.53 Å². The third-order valence-corrected chi connectivity index (χ3v) is 3.17. The van der Waals surface area contributed by atoms with Crippen LogP contribution in [0.2, 0.25) is 0 Å². The summed E-state index contributed by atoms with van der Waals surface area (Å²) >= 11 is 0. The van der Waals surface area contributed by atoms with Gasteiger partial charge in [0.05, 0.1) is 12.1 Å². The van der Waals surface area contributed by atoms with Crippen molar-refractivity contribution in [3.05, 3.63) is 23.9 Å². The Morgan fingerprint density at radius 2 is 2.14 bits per heavy atom. The van der Waals surface area contributed by atoms with Crippen LogP contribution in [0.3, 0.4) is 0 Å². The fourth-order valence-electron chi connectivity index (χ4n) is 2.09. The van der Waals surface area contributed by atoms with Gasteiger partial charge in [-0.05, 0) is 45.2 Å². The van der Waals surface area contributed by atoms with E-state index in [4.69, 9.17) is 10.5 Å². The number of nitrogens with two attached hydrogens (primary N) is 1. The molecule has 0 spiro atoms. The molecule has 2 rings (SSSR count). The van der Waals surface area contributed by atoms with Crippen LogP contribution in [0.15, 0.2) is 18.3 Å². The van der Waals surface area contributed by atoms with Gasteiger partial charge in [-0.2, -0.15) is 0 Å². The summed E-state index contributed by atoms with van der Waals surface area (Å²) < 4.78 is 5.58. The number of nitrogens with zero attached hydrogens (tertiary/aromatic N) is 2. The predicted molar refractivity (Wildman–Crippen MR) is 84.5 cm³/mol. The fraction of sp³-hybridized carbons (Fsp3) is 0.600. The highest BCUT2D eigenvalue weighted by Gasteiger charge is 2.33. The molecule has 5 nitrogen and oxygen atoms in total. The lowest BCUT2D eigenvalue weighted by atomic mass is 10.2. The van der Waals surface area contributed by atoms with E-state index < -0.39 is 6.04 Å². The van der Waals surface area contributed by atoms with Crippen molar-refractivity contribution in [1.29, 1.82) is 0 Å². The Bertz CT molecular complexity index is 476. The summed E-state index contributed by atoms with van der Waals surface area (Å²) in [6, 6.07) is 3.70. The molecule has 1 fully saturated rings. The summed E-state index contributed by atoms with van der Waals surface area (Å²) in [5, 5.41) is 0. The van der Waals surface area contributed by atoms with Gasteiger partial charge in [-0.25, -0.2) is 4.98 Å². The lowest BCUT2D eigenvalue weighted by molar-refractivity contribution is -0.133. The Morgan fingerprint density at radius 1 is 1.48 bits per heavy atom. The van der Waals surface area contributed by atoms with E-state index in [9.17, 15) is 4.79 Å². The molecule has 1 heterocycles. The first-order valence-electron chi connectivity index (χ1n) is 7.15. The summed E-state index contributed by atoms with van der Waals surface area (Å²) in [6.45, 7) is 6.23. The molecule has 1 atom stereocenters. The van der Waals surface area contributed by atoms with Gasteiger partial charge in [-0.3, -0.25) is 4.79 Å². The van der Waals surface area contributed by atoms with Crippen molar-refractivity contribution >= 4 is 18.3 Å². The Kier molecular flexibility index (Phi) is 6.42. The van der Waals surface area contributed by atoms with Gasteiger partial charge in [0.1, 0.15) is 0 Å². The van der Waals surface area contributed by atoms with Gasteiger partial charge in [-0.1, -0.05) is 0 Å². The summed E-state index contributed by atoms with van der Waals surface area (Å²) in [5.41, 5.74) is 6.75. The fourth-order valence-corrected chi connectivity index (χ4v) is 2.09. The number of pyridine rings is 1. The summed E-state index contributed by atoms with van der Waals surface area (Å²) in [7, 11) is 0. The van der Waals surface area contributed by atoms with E-state index in [0.717, 1.165) is 18.4 Å². The highest BCUT2D eigenvalue weighted by atomic mass is 35.5. The van der Waals surface area contributed by atoms with Crippen LogP contribution in [-0.4, -0.2) is 34.0 Å². The molecule has 1 aliphatic carbocycles. The van der Waals surface area contributed by atoms with Crippen molar-refractivity contribution in [3.63, 3.8) is 0 Å². The quantitative estimate of drug-likeness (QED) is 0.873. The third kappa shape index (κ3) is 5.17. The van der Waals surface area contributed by atoms with Crippen molar-refractivity contribution in [3.8, 4) is 5.88 Å². The average molecular weight is 314 g/mol. The Balaban J connectivity index is 0.00000220. The van der Waals surface area contributed by atoms with Crippen molar-refractivity contribution in [2.24, 2.45) is 5.73 Å². The number of ether oxygens (including phenoxy) is 1. The van der Waals surface area contributed by atoms with Gasteiger partial charge in [-0.15, -0.1) is 12.4 Å². The molecule has 1 aromatic rings. The molecule has 2 N–H and O–H groups in total. The molecule has 21 heavy (non-hydrogen) atoms. The number of amides is 1. The van der Waals surface area contributed by atoms with Gasteiger partial charge >= 0.3 is 0 Å². The van der Waals surface area contributed by atoms with Crippen LogP contribution in [0.4, 0.5) is 0 Å². The minimum absolute atomic E-state index is 0. The maximum Gasteiger partial charge on any atom is 0.239 e. The molecule has 1 aromatic heterocycles. The number of hydrogen-bond acceptors (Lipinski definition) is 4. The van der Waals surface area contributed by atoms with Crippen LogP contribution in [0.5, 0.6) is 5.88 Å². The first-order chi connectivity index (χ1) is 9.47. The number of rotatable bonds is 6. The lowest BCUT2D eigenvalue weighted by Gasteiger charge is -2.24. The van der Waals surface area contributed by atoms with Gasteiger partial charge in [0.2, 0.25) is 11.8 Å². The van der Waals surface area contributed by atoms with Crippen LogP contribution in [0, 0.1) is 0 Å². The van der Waals surface area contributed by atoms with Crippen LogP contribution in [0.1, 0.15) is 39.2 Å². The third-order valence-electron chi connectivity index (χ3n) is 3.17. The van der Waals surface area contributed by atoms with E-state index in [0.29, 0.717) is 18.5 Å². The molecule has 1 aliphatic rings. The molecule has 0 bridgehead atoms. The van der Waals surface area contributed by atoms with E-state index in [1.54, 1.807) is 13.1 Å². The highest BCUT2D eigenvalue weighted by Crippen LogP contribution is 2.29. The van der Waals surface area contributed by atoms with Crippen molar-refractivity contribution in [2.75, 3.05) is 0 Å². The van der Waals surface area contributed by atoms with Crippen molar-refractivity contribution in [1.82, 2.24) is 9.88 Å². The van der Waals surface area contributed by atoms with Crippen molar-refractivity contribution in [2.45, 2.75) is 58.3 Å². The molecule has 0 aromatic carbocycles. The normalized spacial score (nSPS) is 15.3. The Labute approximate surface area is 132 Å². The van der Waals surface area contributed by atoms with E-state index in [2.05, 4.69) is 4.98 Å². The molecule has 1 saturated carbocycles. The zero-order valence-electron chi connectivity index (χ0n) is 12.8. The first kappa shape index (κ1) is 17.7. The topological polar surface area (TPSA) is 68.5 Å². The largest absolute Gasteiger partial charge is 0.475 e. The number of carbonyl (C=O) groups excluding carboxylic acids is 1. The zero-order valence-corrected chi connectivity index (χ0v) is 13.6. The number of aromatic nitrogens is 1. The average Bonchev–Trinajstić information content (AvgIpc) is 3.19. The Hall–Kier alpha value is -1.33. The molecule has 118 valence electrons. The lowest BCUT2D eigenvalue weighted by Crippen LogP contribution is -2.42. The molecule has 0 aliphatic heterocycles. The van der Waals surface area contributed by atoms with Gasteiger partial charge in [0, 0.05) is 24.8 Å². The first-order valence-corrected chi connectivity index (χ1v) is 7.15. The minimum Gasteiger partial charge on any atom is -0.475 e. The standard InChI is InChI=1S/C15H23N3O2.ClH/c1-10(2)20-14-8-12(6-7-17-14)9-18(13-4-5-13)15(19)11(3)16;/h6-8,10-11,13H,4-5,9,16H2,1-3H3;1H. The Morgan fingerprint density at radius 3 is 2.67 bits per heavy atom. The van der Waals surface area contributed by atoms with Crippen LogP contribution >= 0.6 is 12.4 Å². The van der Waals surface area contributed by atoms with Crippen LogP contribution in [0.25, 0.3) is 0 Å². The summed E-state index contributed by atoms with van der Waals surface area (Å²) in [5.74, 6) is 0.608. The van der Waals surface area contributed by atoms with Crippen LogP contribution in [-0.2, 0) is 11.3 Å². The summed E-state index contributed by atoms with van der Waals surface area (Å²) in [4.78, 5) is 18.2. The maximum atomic E-state index is 12.1. The smallest absolute Gasteiger partial charge is 0.239 e. The second kappa shape index (κ2) is 7.61. The number of hydrogen-bond donors (Lipinski definition) is 1. The molecule has 1 unspecified atom stereocenters. The molecule has 0 radical (unpaired) electrons. The monoisotopic (exact) mass is 313 g/mol. The predicted octanol–water partition coefficient (Wildman–Crippen LogP) is 2.13. The molecular weight excluding hydrogens is 290 g/mol. The molecule has 1 amide bonds. The van der Waals surface area contributed by atoms with Gasteiger partial charge in [0.25, 0.3) is 0 Å². The molecule has 0 saturated heterocycles. The number of carbonyl (C=O) groups is 1. The summed E-state index contributed by atoms with van der Waals surface area (Å²) in [6.07, 6.45) is 3.94.